The van der Waals surface area contributed by atoms with Crippen LogP contribution in [0.4, 0.5) is 0 Å². The van der Waals surface area contributed by atoms with Crippen LogP contribution in [0.5, 0.6) is 0 Å². The molecule has 10 heteroatoms. The Hall–Kier alpha value is -1.94. The van der Waals surface area contributed by atoms with Crippen LogP contribution in [-0.2, 0) is 30.7 Å². The first-order valence-corrected chi connectivity index (χ1v) is 11.6. The van der Waals surface area contributed by atoms with Gasteiger partial charge in [0.25, 0.3) is 20.1 Å². The van der Waals surface area contributed by atoms with E-state index in [9.17, 15) is 16.8 Å². The molecule has 0 aliphatic heterocycles. The fourth-order valence-electron chi connectivity index (χ4n) is 2.76. The average Bonchev–Trinajstić information content (AvgIpc) is 2.93. The lowest BCUT2D eigenvalue weighted by Gasteiger charge is -2.12. The summed E-state index contributed by atoms with van der Waals surface area (Å²) in [4.78, 5) is 4.27. The second-order valence-corrected chi connectivity index (χ2v) is 9.77. The Balaban J connectivity index is 2.20. The van der Waals surface area contributed by atoms with Crippen molar-refractivity contribution in [3.05, 3.63) is 59.0 Å². The molecule has 3 rings (SSSR count). The standard InChI is InChI=1S/C17H17ClN2O5S2/c1-12-10-16-15(17(18)19-12)11-13(8-9-25-26(2,21)22)20(16)27(23,24)14-6-4-3-5-7-14/h3-7,10-11H,8-9H2,1-2H3. The van der Waals surface area contributed by atoms with Crippen molar-refractivity contribution in [3.8, 4) is 0 Å². The van der Waals surface area contributed by atoms with E-state index < -0.39 is 20.1 Å². The molecule has 0 aliphatic carbocycles. The summed E-state index contributed by atoms with van der Waals surface area (Å²) >= 11 is 6.20. The van der Waals surface area contributed by atoms with Gasteiger partial charge in [-0.05, 0) is 31.2 Å². The number of fused-ring (bicyclic) bond motifs is 1. The number of aromatic nitrogens is 2. The van der Waals surface area contributed by atoms with Gasteiger partial charge in [-0.25, -0.2) is 17.4 Å². The Morgan fingerprint density at radius 2 is 1.78 bits per heavy atom. The highest BCUT2D eigenvalue weighted by Gasteiger charge is 2.24. The number of rotatable bonds is 6. The number of pyridine rings is 1. The van der Waals surface area contributed by atoms with Crippen LogP contribution in [-0.4, -0.2) is 38.7 Å². The smallest absolute Gasteiger partial charge is 0.268 e. The number of nitrogens with zero attached hydrogens (tertiary/aromatic N) is 2. The van der Waals surface area contributed by atoms with Gasteiger partial charge in [0, 0.05) is 23.2 Å². The molecule has 0 bridgehead atoms. The first kappa shape index (κ1) is 19.8. The molecule has 27 heavy (non-hydrogen) atoms. The zero-order valence-corrected chi connectivity index (χ0v) is 17.0. The molecular formula is C17H17ClN2O5S2. The lowest BCUT2D eigenvalue weighted by Crippen LogP contribution is -2.17. The van der Waals surface area contributed by atoms with Gasteiger partial charge in [-0.15, -0.1) is 0 Å². The molecule has 0 saturated carbocycles. The van der Waals surface area contributed by atoms with Crippen LogP contribution in [0.15, 0.2) is 47.4 Å². The summed E-state index contributed by atoms with van der Waals surface area (Å²) in [5.41, 5.74) is 1.30. The van der Waals surface area contributed by atoms with Crippen LogP contribution in [0, 0.1) is 6.92 Å². The predicted octanol–water partition coefficient (Wildman–Crippen LogP) is 2.75. The quantitative estimate of drug-likeness (QED) is 0.442. The van der Waals surface area contributed by atoms with Gasteiger partial charge in [0.05, 0.1) is 23.3 Å². The molecule has 0 radical (unpaired) electrons. The van der Waals surface area contributed by atoms with Gasteiger partial charge in [0.1, 0.15) is 5.15 Å². The van der Waals surface area contributed by atoms with E-state index >= 15 is 0 Å². The molecule has 1 aromatic carbocycles. The van der Waals surface area contributed by atoms with Gasteiger partial charge in [0.15, 0.2) is 0 Å². The Morgan fingerprint density at radius 1 is 1.11 bits per heavy atom. The minimum Gasteiger partial charge on any atom is -0.270 e. The summed E-state index contributed by atoms with van der Waals surface area (Å²) < 4.78 is 54.9. The van der Waals surface area contributed by atoms with Crippen molar-refractivity contribution in [2.45, 2.75) is 18.2 Å². The van der Waals surface area contributed by atoms with E-state index in [-0.39, 0.29) is 23.1 Å². The molecule has 0 atom stereocenters. The van der Waals surface area contributed by atoms with Gasteiger partial charge >= 0.3 is 0 Å². The Bertz CT molecular complexity index is 1200. The van der Waals surface area contributed by atoms with Crippen molar-refractivity contribution in [1.29, 1.82) is 0 Å². The highest BCUT2D eigenvalue weighted by atomic mass is 35.5. The van der Waals surface area contributed by atoms with Crippen LogP contribution >= 0.6 is 11.6 Å². The predicted molar refractivity (Wildman–Crippen MR) is 103 cm³/mol. The Kier molecular flexibility index (Phi) is 5.31. The number of aryl methyl sites for hydroxylation is 1. The van der Waals surface area contributed by atoms with Gasteiger partial charge in [0.2, 0.25) is 0 Å². The molecule has 0 N–H and O–H groups in total. The number of hydrogen-bond acceptors (Lipinski definition) is 6. The van der Waals surface area contributed by atoms with E-state index in [1.54, 1.807) is 37.3 Å². The lowest BCUT2D eigenvalue weighted by atomic mass is 10.2. The highest BCUT2D eigenvalue weighted by molar-refractivity contribution is 7.90. The maximum absolute atomic E-state index is 13.3. The number of benzene rings is 1. The van der Waals surface area contributed by atoms with Crippen molar-refractivity contribution >= 4 is 42.6 Å². The van der Waals surface area contributed by atoms with Gasteiger partial charge in [-0.2, -0.15) is 8.42 Å². The maximum atomic E-state index is 13.3. The third kappa shape index (κ3) is 4.16. The minimum atomic E-state index is -3.93. The number of halogens is 1. The van der Waals surface area contributed by atoms with E-state index in [0.29, 0.717) is 22.3 Å². The SMILES string of the molecule is Cc1cc2c(cc(CCOS(C)(=O)=O)n2S(=O)(=O)c2ccccc2)c(Cl)n1. The summed E-state index contributed by atoms with van der Waals surface area (Å²) in [7, 11) is -7.56. The first-order valence-electron chi connectivity index (χ1n) is 7.92. The van der Waals surface area contributed by atoms with Crippen molar-refractivity contribution < 1.29 is 21.0 Å². The Morgan fingerprint density at radius 3 is 2.41 bits per heavy atom. The van der Waals surface area contributed by atoms with Crippen molar-refractivity contribution in [2.75, 3.05) is 12.9 Å². The van der Waals surface area contributed by atoms with E-state index in [1.807, 2.05) is 0 Å². The van der Waals surface area contributed by atoms with Crippen LogP contribution in [0.25, 0.3) is 10.9 Å². The van der Waals surface area contributed by atoms with E-state index in [0.717, 1.165) is 6.26 Å². The van der Waals surface area contributed by atoms with Gasteiger partial charge in [-0.1, -0.05) is 29.8 Å². The summed E-state index contributed by atoms with van der Waals surface area (Å²) in [5.74, 6) is 0. The second-order valence-electron chi connectivity index (χ2n) is 5.98. The average molecular weight is 429 g/mol. The number of hydrogen-bond donors (Lipinski definition) is 0. The highest BCUT2D eigenvalue weighted by Crippen LogP contribution is 2.30. The lowest BCUT2D eigenvalue weighted by molar-refractivity contribution is 0.324. The van der Waals surface area contributed by atoms with Crippen molar-refractivity contribution in [3.63, 3.8) is 0 Å². The van der Waals surface area contributed by atoms with E-state index in [2.05, 4.69) is 4.98 Å². The summed E-state index contributed by atoms with van der Waals surface area (Å²) in [5, 5.41) is 0.647. The molecule has 144 valence electrons. The molecule has 3 aromatic rings. The van der Waals surface area contributed by atoms with E-state index in [1.165, 1.54) is 16.1 Å². The van der Waals surface area contributed by atoms with Crippen LogP contribution < -0.4 is 0 Å². The zero-order valence-electron chi connectivity index (χ0n) is 14.6. The van der Waals surface area contributed by atoms with Crippen LogP contribution in [0.3, 0.4) is 0 Å². The fourth-order valence-corrected chi connectivity index (χ4v) is 5.01. The molecular weight excluding hydrogens is 412 g/mol. The zero-order chi connectivity index (χ0) is 19.8. The molecule has 0 fully saturated rings. The van der Waals surface area contributed by atoms with E-state index in [4.69, 9.17) is 15.8 Å². The summed E-state index contributed by atoms with van der Waals surface area (Å²) in [6, 6.07) is 11.2. The van der Waals surface area contributed by atoms with Crippen molar-refractivity contribution in [1.82, 2.24) is 8.96 Å². The van der Waals surface area contributed by atoms with Crippen LogP contribution in [0.2, 0.25) is 5.15 Å². The molecule has 2 aromatic heterocycles. The van der Waals surface area contributed by atoms with Crippen LogP contribution in [0.1, 0.15) is 11.4 Å². The second kappa shape index (κ2) is 7.23. The molecule has 0 unspecified atom stereocenters. The van der Waals surface area contributed by atoms with Crippen molar-refractivity contribution in [2.24, 2.45) is 0 Å². The monoisotopic (exact) mass is 428 g/mol. The molecule has 0 saturated heterocycles. The Labute approximate surface area is 162 Å². The molecule has 2 heterocycles. The molecule has 0 amide bonds. The molecule has 7 nitrogen and oxygen atoms in total. The minimum absolute atomic E-state index is 0.0587. The van der Waals surface area contributed by atoms with Gasteiger partial charge in [-0.3, -0.25) is 4.18 Å². The largest absolute Gasteiger partial charge is 0.270 e. The third-order valence-electron chi connectivity index (χ3n) is 3.85. The maximum Gasteiger partial charge on any atom is 0.268 e. The topological polar surface area (TPSA) is 95.3 Å². The molecule has 0 aliphatic rings. The molecule has 0 spiro atoms. The van der Waals surface area contributed by atoms with Gasteiger partial charge < -0.3 is 0 Å². The normalized spacial score (nSPS) is 12.6. The summed E-state index contributed by atoms with van der Waals surface area (Å²) in [6.07, 6.45) is 0.997. The fraction of sp³-hybridized carbons (Fsp3) is 0.235. The summed E-state index contributed by atoms with van der Waals surface area (Å²) in [6.45, 7) is 1.52. The third-order valence-corrected chi connectivity index (χ3v) is 6.51. The first-order chi connectivity index (χ1) is 12.6.